The van der Waals surface area contributed by atoms with E-state index in [2.05, 4.69) is 30.6 Å². The molecule has 1 aliphatic heterocycles. The standard InChI is InChI=1S/C13H23NO/c1-3-5-6-12-15-13-7-10-14(9-4-2)11-8-13/h13H,3-4,7-12H2,1-2H3. The van der Waals surface area contributed by atoms with Crippen LogP contribution in [0, 0.1) is 11.8 Å². The lowest BCUT2D eigenvalue weighted by molar-refractivity contribution is 0.0246. The highest BCUT2D eigenvalue weighted by molar-refractivity contribution is 4.98. The third-order valence-electron chi connectivity index (χ3n) is 2.77. The van der Waals surface area contributed by atoms with E-state index in [1.807, 2.05) is 0 Å². The summed E-state index contributed by atoms with van der Waals surface area (Å²) in [6.45, 7) is 8.55. The molecule has 0 unspecified atom stereocenters. The predicted octanol–water partition coefficient (Wildman–Crippen LogP) is 2.29. The summed E-state index contributed by atoms with van der Waals surface area (Å²) < 4.78 is 5.71. The smallest absolute Gasteiger partial charge is 0.108 e. The predicted molar refractivity (Wildman–Crippen MR) is 63.8 cm³/mol. The van der Waals surface area contributed by atoms with Crippen molar-refractivity contribution < 1.29 is 4.74 Å². The number of piperidine rings is 1. The van der Waals surface area contributed by atoms with Gasteiger partial charge in [-0.2, -0.15) is 0 Å². The molecule has 0 saturated carbocycles. The largest absolute Gasteiger partial charge is 0.365 e. The fraction of sp³-hybridized carbons (Fsp3) is 0.846. The lowest BCUT2D eigenvalue weighted by Crippen LogP contribution is -2.37. The second-order valence-electron chi connectivity index (χ2n) is 4.06. The highest BCUT2D eigenvalue weighted by Crippen LogP contribution is 2.13. The molecule has 0 atom stereocenters. The third-order valence-corrected chi connectivity index (χ3v) is 2.77. The summed E-state index contributed by atoms with van der Waals surface area (Å²) in [6.07, 6.45) is 4.98. The first-order valence-corrected chi connectivity index (χ1v) is 6.16. The van der Waals surface area contributed by atoms with Gasteiger partial charge in [0, 0.05) is 19.5 Å². The van der Waals surface area contributed by atoms with Crippen molar-refractivity contribution in [2.45, 2.75) is 45.6 Å². The Kier molecular flexibility index (Phi) is 6.47. The van der Waals surface area contributed by atoms with Crippen LogP contribution in [-0.4, -0.2) is 37.2 Å². The Balaban J connectivity index is 2.09. The van der Waals surface area contributed by atoms with Crippen molar-refractivity contribution in [1.82, 2.24) is 4.90 Å². The van der Waals surface area contributed by atoms with E-state index in [0.717, 1.165) is 6.42 Å². The minimum Gasteiger partial charge on any atom is -0.365 e. The highest BCUT2D eigenvalue weighted by atomic mass is 16.5. The van der Waals surface area contributed by atoms with Gasteiger partial charge in [-0.05, 0) is 25.8 Å². The van der Waals surface area contributed by atoms with Gasteiger partial charge in [0.1, 0.15) is 6.61 Å². The van der Waals surface area contributed by atoms with E-state index in [1.54, 1.807) is 0 Å². The minimum absolute atomic E-state index is 0.448. The molecular weight excluding hydrogens is 186 g/mol. The van der Waals surface area contributed by atoms with Crippen LogP contribution in [0.4, 0.5) is 0 Å². The fourth-order valence-corrected chi connectivity index (χ4v) is 1.95. The maximum atomic E-state index is 5.71. The van der Waals surface area contributed by atoms with Crippen molar-refractivity contribution in [2.24, 2.45) is 0 Å². The third kappa shape index (κ3) is 5.20. The van der Waals surface area contributed by atoms with Crippen LogP contribution in [0.5, 0.6) is 0 Å². The van der Waals surface area contributed by atoms with Crippen LogP contribution in [0.3, 0.4) is 0 Å². The van der Waals surface area contributed by atoms with Crippen molar-refractivity contribution in [2.75, 3.05) is 26.2 Å². The van der Waals surface area contributed by atoms with Crippen molar-refractivity contribution in [3.63, 3.8) is 0 Å². The Labute approximate surface area is 94.0 Å². The SMILES string of the molecule is CCC#CCOC1CCN(CCC)CC1. The van der Waals surface area contributed by atoms with Crippen molar-refractivity contribution in [3.8, 4) is 11.8 Å². The van der Waals surface area contributed by atoms with Gasteiger partial charge in [0.15, 0.2) is 0 Å². The average molecular weight is 209 g/mol. The molecular formula is C13H23NO. The maximum absolute atomic E-state index is 5.71. The van der Waals surface area contributed by atoms with Crippen LogP contribution >= 0.6 is 0 Å². The molecule has 1 rings (SSSR count). The normalized spacial score (nSPS) is 18.5. The van der Waals surface area contributed by atoms with E-state index < -0.39 is 0 Å². The summed E-state index contributed by atoms with van der Waals surface area (Å²) in [7, 11) is 0. The van der Waals surface area contributed by atoms with Crippen molar-refractivity contribution >= 4 is 0 Å². The van der Waals surface area contributed by atoms with Gasteiger partial charge in [-0.15, -0.1) is 5.92 Å². The quantitative estimate of drug-likeness (QED) is 0.659. The Bertz CT molecular complexity index is 208. The van der Waals surface area contributed by atoms with Gasteiger partial charge in [0.2, 0.25) is 0 Å². The lowest BCUT2D eigenvalue weighted by atomic mass is 10.1. The molecule has 2 nitrogen and oxygen atoms in total. The first kappa shape index (κ1) is 12.5. The number of hydrogen-bond donors (Lipinski definition) is 0. The molecule has 0 aromatic rings. The van der Waals surface area contributed by atoms with Gasteiger partial charge in [0.05, 0.1) is 6.10 Å². The van der Waals surface area contributed by atoms with Crippen LogP contribution in [0.15, 0.2) is 0 Å². The molecule has 0 radical (unpaired) electrons. The van der Waals surface area contributed by atoms with Gasteiger partial charge >= 0.3 is 0 Å². The number of ether oxygens (including phenoxy) is 1. The van der Waals surface area contributed by atoms with Crippen LogP contribution in [0.2, 0.25) is 0 Å². The summed E-state index contributed by atoms with van der Waals surface area (Å²) in [4.78, 5) is 2.53. The molecule has 0 N–H and O–H groups in total. The Morgan fingerprint density at radius 3 is 2.53 bits per heavy atom. The molecule has 0 aromatic heterocycles. The first-order chi connectivity index (χ1) is 7.36. The molecule has 1 fully saturated rings. The van der Waals surface area contributed by atoms with Crippen LogP contribution in [-0.2, 0) is 4.74 Å². The number of hydrogen-bond acceptors (Lipinski definition) is 2. The Morgan fingerprint density at radius 2 is 1.93 bits per heavy atom. The lowest BCUT2D eigenvalue weighted by Gasteiger charge is -2.31. The summed E-state index contributed by atoms with van der Waals surface area (Å²) >= 11 is 0. The molecule has 0 aromatic carbocycles. The molecule has 15 heavy (non-hydrogen) atoms. The zero-order valence-corrected chi connectivity index (χ0v) is 10.1. The van der Waals surface area contributed by atoms with E-state index in [4.69, 9.17) is 4.74 Å². The summed E-state index contributed by atoms with van der Waals surface area (Å²) in [6, 6.07) is 0. The van der Waals surface area contributed by atoms with E-state index in [-0.39, 0.29) is 0 Å². The minimum atomic E-state index is 0.448. The second-order valence-corrected chi connectivity index (χ2v) is 4.06. The molecule has 86 valence electrons. The zero-order chi connectivity index (χ0) is 10.9. The molecule has 0 bridgehead atoms. The van der Waals surface area contributed by atoms with Gasteiger partial charge in [-0.25, -0.2) is 0 Å². The topological polar surface area (TPSA) is 12.5 Å². The van der Waals surface area contributed by atoms with E-state index in [0.29, 0.717) is 12.7 Å². The molecule has 1 saturated heterocycles. The first-order valence-electron chi connectivity index (χ1n) is 6.16. The zero-order valence-electron chi connectivity index (χ0n) is 10.1. The van der Waals surface area contributed by atoms with Gasteiger partial charge in [0.25, 0.3) is 0 Å². The molecule has 1 heterocycles. The summed E-state index contributed by atoms with van der Waals surface area (Å²) in [5, 5.41) is 0. The maximum Gasteiger partial charge on any atom is 0.108 e. The molecule has 0 aliphatic carbocycles. The van der Waals surface area contributed by atoms with Gasteiger partial charge in [-0.3, -0.25) is 0 Å². The van der Waals surface area contributed by atoms with Crippen LogP contribution in [0.25, 0.3) is 0 Å². The van der Waals surface area contributed by atoms with Crippen LogP contribution < -0.4 is 0 Å². The van der Waals surface area contributed by atoms with E-state index >= 15 is 0 Å². The number of likely N-dealkylation sites (tertiary alicyclic amines) is 1. The average Bonchev–Trinajstić information content (AvgIpc) is 2.27. The molecule has 0 spiro atoms. The summed E-state index contributed by atoms with van der Waals surface area (Å²) in [5.41, 5.74) is 0. The van der Waals surface area contributed by atoms with Crippen molar-refractivity contribution in [1.29, 1.82) is 0 Å². The highest BCUT2D eigenvalue weighted by Gasteiger charge is 2.18. The van der Waals surface area contributed by atoms with E-state index in [9.17, 15) is 0 Å². The van der Waals surface area contributed by atoms with Gasteiger partial charge in [-0.1, -0.05) is 19.8 Å². The Hall–Kier alpha value is -0.520. The Morgan fingerprint density at radius 1 is 1.20 bits per heavy atom. The number of rotatable bonds is 4. The number of nitrogens with zero attached hydrogens (tertiary/aromatic N) is 1. The van der Waals surface area contributed by atoms with Crippen molar-refractivity contribution in [3.05, 3.63) is 0 Å². The van der Waals surface area contributed by atoms with Crippen LogP contribution in [0.1, 0.15) is 39.5 Å². The van der Waals surface area contributed by atoms with Gasteiger partial charge < -0.3 is 9.64 Å². The molecule has 1 aliphatic rings. The second kappa shape index (κ2) is 7.73. The molecule has 2 heteroatoms. The fourth-order valence-electron chi connectivity index (χ4n) is 1.95. The molecule has 0 amide bonds. The monoisotopic (exact) mass is 209 g/mol. The van der Waals surface area contributed by atoms with E-state index in [1.165, 1.54) is 38.9 Å². The summed E-state index contributed by atoms with van der Waals surface area (Å²) in [5.74, 6) is 6.06.